The molecule has 21 heavy (non-hydrogen) atoms. The highest BCUT2D eigenvalue weighted by molar-refractivity contribution is 5.96. The summed E-state index contributed by atoms with van der Waals surface area (Å²) in [6.45, 7) is -0.527. The number of hydrogen-bond donors (Lipinski definition) is 4. The Morgan fingerprint density at radius 2 is 2.33 bits per heavy atom. The van der Waals surface area contributed by atoms with Gasteiger partial charge in [0.15, 0.2) is 12.4 Å². The summed E-state index contributed by atoms with van der Waals surface area (Å²) in [7, 11) is 0. The van der Waals surface area contributed by atoms with Gasteiger partial charge in [-0.1, -0.05) is 0 Å². The number of anilines is 2. The molecule has 112 valence electrons. The number of fused-ring (bicyclic) bond motifs is 1. The minimum absolute atomic E-state index is 0.0184. The number of benzene rings is 1. The Balaban J connectivity index is 2.30. The van der Waals surface area contributed by atoms with Crippen molar-refractivity contribution in [2.45, 2.75) is 6.10 Å². The normalized spacial score (nSPS) is 14.4. The maximum atomic E-state index is 11.2. The highest BCUT2D eigenvalue weighted by atomic mass is 16.6. The van der Waals surface area contributed by atoms with Gasteiger partial charge in [-0.2, -0.15) is 0 Å². The SMILES string of the molecule is NC(=O)C(O)CNc1cc2c(cc1[N+](=O)[O-])OCC(=O)N2. The van der Waals surface area contributed by atoms with Crippen molar-refractivity contribution in [1.82, 2.24) is 0 Å². The Hall–Kier alpha value is -2.88. The molecule has 1 aliphatic heterocycles. The first-order valence-corrected chi connectivity index (χ1v) is 5.85. The fourth-order valence-corrected chi connectivity index (χ4v) is 1.72. The number of nitro benzene ring substituents is 1. The Morgan fingerprint density at radius 3 is 2.95 bits per heavy atom. The van der Waals surface area contributed by atoms with E-state index in [1.807, 2.05) is 0 Å². The molecule has 1 heterocycles. The van der Waals surface area contributed by atoms with E-state index in [9.17, 15) is 24.8 Å². The number of nitrogens with two attached hydrogens (primary N) is 1. The minimum Gasteiger partial charge on any atom is -0.481 e. The Bertz CT molecular complexity index is 617. The molecule has 10 nitrogen and oxygen atoms in total. The van der Waals surface area contributed by atoms with Gasteiger partial charge in [0.2, 0.25) is 5.91 Å². The molecule has 0 spiro atoms. The molecule has 1 aliphatic rings. The monoisotopic (exact) mass is 296 g/mol. The second-order valence-corrected chi connectivity index (χ2v) is 4.26. The third-order valence-electron chi connectivity index (χ3n) is 2.74. The molecular formula is C11H12N4O6. The quantitative estimate of drug-likeness (QED) is 0.408. The van der Waals surface area contributed by atoms with Crippen LogP contribution in [0.4, 0.5) is 17.1 Å². The number of nitro groups is 1. The van der Waals surface area contributed by atoms with Crippen LogP contribution in [-0.4, -0.2) is 41.1 Å². The zero-order valence-electron chi connectivity index (χ0n) is 10.7. The number of rotatable bonds is 5. The van der Waals surface area contributed by atoms with E-state index < -0.39 is 16.9 Å². The number of nitrogens with one attached hydrogen (secondary N) is 2. The lowest BCUT2D eigenvalue weighted by Crippen LogP contribution is -2.34. The van der Waals surface area contributed by atoms with E-state index in [2.05, 4.69) is 10.6 Å². The smallest absolute Gasteiger partial charge is 0.296 e. The summed E-state index contributed by atoms with van der Waals surface area (Å²) in [5, 5.41) is 25.4. The lowest BCUT2D eigenvalue weighted by molar-refractivity contribution is -0.384. The van der Waals surface area contributed by atoms with Crippen molar-refractivity contribution in [3.05, 3.63) is 22.2 Å². The average Bonchev–Trinajstić information content (AvgIpc) is 2.43. The van der Waals surface area contributed by atoms with E-state index in [1.54, 1.807) is 0 Å². The molecule has 1 atom stereocenters. The number of amides is 2. The van der Waals surface area contributed by atoms with Gasteiger partial charge in [0.05, 0.1) is 23.2 Å². The van der Waals surface area contributed by atoms with Gasteiger partial charge in [0.1, 0.15) is 11.8 Å². The van der Waals surface area contributed by atoms with Crippen LogP contribution in [0.5, 0.6) is 5.75 Å². The van der Waals surface area contributed by atoms with Crippen LogP contribution in [0, 0.1) is 10.1 Å². The van der Waals surface area contributed by atoms with E-state index in [-0.39, 0.29) is 41.9 Å². The Labute approximate surface area is 118 Å². The van der Waals surface area contributed by atoms with Crippen molar-refractivity contribution in [1.29, 1.82) is 0 Å². The number of primary amides is 1. The van der Waals surface area contributed by atoms with E-state index in [0.717, 1.165) is 6.07 Å². The molecule has 5 N–H and O–H groups in total. The van der Waals surface area contributed by atoms with E-state index in [4.69, 9.17) is 10.5 Å². The fourth-order valence-electron chi connectivity index (χ4n) is 1.72. The second kappa shape index (κ2) is 5.63. The largest absolute Gasteiger partial charge is 0.481 e. The summed E-state index contributed by atoms with van der Waals surface area (Å²) < 4.78 is 5.08. The van der Waals surface area contributed by atoms with Gasteiger partial charge in [0, 0.05) is 0 Å². The molecule has 0 radical (unpaired) electrons. The number of aliphatic hydroxyl groups excluding tert-OH is 1. The van der Waals surface area contributed by atoms with Crippen molar-refractivity contribution >= 4 is 28.9 Å². The first kappa shape index (κ1) is 14.5. The van der Waals surface area contributed by atoms with Gasteiger partial charge >= 0.3 is 0 Å². The second-order valence-electron chi connectivity index (χ2n) is 4.26. The van der Waals surface area contributed by atoms with E-state index in [1.165, 1.54) is 6.07 Å². The van der Waals surface area contributed by atoms with Gasteiger partial charge < -0.3 is 26.2 Å². The molecule has 0 fully saturated rings. The van der Waals surface area contributed by atoms with Crippen LogP contribution in [0.1, 0.15) is 0 Å². The summed E-state index contributed by atoms with van der Waals surface area (Å²) in [6, 6.07) is 2.44. The minimum atomic E-state index is -1.49. The number of hydrogen-bond acceptors (Lipinski definition) is 7. The predicted molar refractivity (Wildman–Crippen MR) is 70.9 cm³/mol. The highest BCUT2D eigenvalue weighted by Gasteiger charge is 2.24. The molecule has 1 aromatic carbocycles. The predicted octanol–water partition coefficient (Wildman–Crippen LogP) is -0.816. The number of nitrogens with zero attached hydrogens (tertiary/aromatic N) is 1. The number of ether oxygens (including phenoxy) is 1. The molecule has 10 heteroatoms. The molecule has 0 saturated carbocycles. The van der Waals surface area contributed by atoms with Gasteiger partial charge in [-0.05, 0) is 6.07 Å². The average molecular weight is 296 g/mol. The topological polar surface area (TPSA) is 157 Å². The maximum absolute atomic E-state index is 11.2. The van der Waals surface area contributed by atoms with Crippen LogP contribution < -0.4 is 21.1 Å². The van der Waals surface area contributed by atoms with Crippen LogP contribution in [0.15, 0.2) is 12.1 Å². The van der Waals surface area contributed by atoms with E-state index in [0.29, 0.717) is 0 Å². The molecule has 1 unspecified atom stereocenters. The van der Waals surface area contributed by atoms with Crippen molar-refractivity contribution < 1.29 is 24.4 Å². The summed E-state index contributed by atoms with van der Waals surface area (Å²) in [5.41, 5.74) is 4.84. The first-order valence-electron chi connectivity index (χ1n) is 5.85. The number of carbonyl (C=O) groups is 2. The third-order valence-corrected chi connectivity index (χ3v) is 2.74. The van der Waals surface area contributed by atoms with Crippen LogP contribution in [0.2, 0.25) is 0 Å². The zero-order valence-corrected chi connectivity index (χ0v) is 10.7. The number of carbonyl (C=O) groups excluding carboxylic acids is 2. The molecule has 2 amide bonds. The van der Waals surface area contributed by atoms with Crippen LogP contribution in [0.3, 0.4) is 0 Å². The summed E-state index contributed by atoms with van der Waals surface area (Å²) in [6.07, 6.45) is -1.49. The van der Waals surface area contributed by atoms with Crippen LogP contribution in [0.25, 0.3) is 0 Å². The van der Waals surface area contributed by atoms with Crippen molar-refractivity contribution in [3.8, 4) is 5.75 Å². The van der Waals surface area contributed by atoms with Gasteiger partial charge in [0.25, 0.3) is 11.6 Å². The van der Waals surface area contributed by atoms with Crippen molar-refractivity contribution in [2.24, 2.45) is 5.73 Å². The Morgan fingerprint density at radius 1 is 1.62 bits per heavy atom. The molecule has 0 saturated heterocycles. The van der Waals surface area contributed by atoms with Crippen molar-refractivity contribution in [3.63, 3.8) is 0 Å². The molecule has 2 rings (SSSR count). The van der Waals surface area contributed by atoms with Crippen LogP contribution >= 0.6 is 0 Å². The van der Waals surface area contributed by atoms with Crippen LogP contribution in [-0.2, 0) is 9.59 Å². The van der Waals surface area contributed by atoms with Crippen molar-refractivity contribution in [2.75, 3.05) is 23.8 Å². The Kier molecular flexibility index (Phi) is 3.89. The first-order chi connectivity index (χ1) is 9.88. The summed E-state index contributed by atoms with van der Waals surface area (Å²) in [5.74, 6) is -1.18. The fraction of sp³-hybridized carbons (Fsp3) is 0.273. The summed E-state index contributed by atoms with van der Waals surface area (Å²) >= 11 is 0. The lowest BCUT2D eigenvalue weighted by atomic mass is 10.2. The molecule has 0 bridgehead atoms. The molecular weight excluding hydrogens is 284 g/mol. The summed E-state index contributed by atoms with van der Waals surface area (Å²) in [4.78, 5) is 32.3. The third kappa shape index (κ3) is 3.17. The highest BCUT2D eigenvalue weighted by Crippen LogP contribution is 2.37. The van der Waals surface area contributed by atoms with Gasteiger partial charge in [-0.25, -0.2) is 0 Å². The molecule has 1 aromatic rings. The molecule has 0 aliphatic carbocycles. The number of aliphatic hydroxyl groups is 1. The lowest BCUT2D eigenvalue weighted by Gasteiger charge is -2.19. The van der Waals surface area contributed by atoms with E-state index >= 15 is 0 Å². The van der Waals surface area contributed by atoms with Gasteiger partial charge in [-0.3, -0.25) is 19.7 Å². The zero-order chi connectivity index (χ0) is 15.6. The standard InChI is InChI=1S/C11H12N4O6/c12-11(18)8(16)3-13-5-1-6-9(2-7(5)15(19)20)21-4-10(17)14-6/h1-2,8,13,16H,3-4H2,(H2,12,18)(H,14,17). The molecule has 0 aromatic heterocycles. The maximum Gasteiger partial charge on any atom is 0.296 e. The van der Waals surface area contributed by atoms with Gasteiger partial charge in [-0.15, -0.1) is 0 Å².